The summed E-state index contributed by atoms with van der Waals surface area (Å²) < 4.78 is 0. The molecule has 1 N–H and O–H groups in total. The van der Waals surface area contributed by atoms with Crippen LogP contribution in [0.3, 0.4) is 0 Å². The molecule has 0 atom stereocenters. The Morgan fingerprint density at radius 1 is 1.29 bits per heavy atom. The lowest BCUT2D eigenvalue weighted by Crippen LogP contribution is -2.20. The molecule has 1 heterocycles. The van der Waals surface area contributed by atoms with Gasteiger partial charge in [-0.2, -0.15) is 0 Å². The monoisotopic (exact) mass is 304 g/mol. The van der Waals surface area contributed by atoms with E-state index in [0.29, 0.717) is 5.82 Å². The normalized spacial score (nSPS) is 10.4. The van der Waals surface area contributed by atoms with Crippen LogP contribution >= 0.6 is 11.6 Å². The Morgan fingerprint density at radius 3 is 2.62 bits per heavy atom. The Balaban J connectivity index is 2.43. The lowest BCUT2D eigenvalue weighted by atomic mass is 10.2. The van der Waals surface area contributed by atoms with Crippen molar-refractivity contribution in [2.45, 2.75) is 19.8 Å². The highest BCUT2D eigenvalue weighted by atomic mass is 35.5. The Bertz CT molecular complexity index is 617. The third-order valence-corrected chi connectivity index (χ3v) is 3.30. The van der Waals surface area contributed by atoms with E-state index in [1.807, 2.05) is 35.2 Å². The van der Waals surface area contributed by atoms with E-state index in [1.54, 1.807) is 6.07 Å². The molecule has 4 nitrogen and oxygen atoms in total. The molecule has 0 saturated carbocycles. The highest BCUT2D eigenvalue weighted by Gasteiger charge is 2.14. The topological polar surface area (TPSA) is 53.4 Å². The molecule has 0 radical (unpaired) electrons. The third kappa shape index (κ3) is 3.95. The zero-order valence-corrected chi connectivity index (χ0v) is 12.5. The van der Waals surface area contributed by atoms with Gasteiger partial charge in [-0.05, 0) is 30.7 Å². The maximum absolute atomic E-state index is 11.2. The van der Waals surface area contributed by atoms with Gasteiger partial charge in [0.15, 0.2) is 0 Å². The number of carbonyl (C=O) groups is 1. The van der Waals surface area contributed by atoms with Crippen LogP contribution in [-0.2, 0) is 0 Å². The molecule has 21 heavy (non-hydrogen) atoms. The molecule has 2 aromatic rings. The predicted molar refractivity (Wildman–Crippen MR) is 84.6 cm³/mol. The van der Waals surface area contributed by atoms with Gasteiger partial charge in [0.05, 0.1) is 5.56 Å². The second-order valence-corrected chi connectivity index (χ2v) is 5.07. The quantitative estimate of drug-likeness (QED) is 0.805. The maximum Gasteiger partial charge on any atom is 0.335 e. The van der Waals surface area contributed by atoms with Gasteiger partial charge < -0.3 is 10.0 Å². The summed E-state index contributed by atoms with van der Waals surface area (Å²) in [6, 6.07) is 12.7. The number of carboxylic acid groups (broad SMARTS) is 1. The molecule has 0 saturated heterocycles. The van der Waals surface area contributed by atoms with Crippen LogP contribution in [0.4, 0.5) is 11.5 Å². The van der Waals surface area contributed by atoms with Gasteiger partial charge in [0, 0.05) is 12.2 Å². The maximum atomic E-state index is 11.2. The number of aromatic nitrogens is 1. The lowest BCUT2D eigenvalue weighted by Gasteiger charge is -2.24. The predicted octanol–water partition coefficient (Wildman–Crippen LogP) is 4.37. The number of halogens is 1. The van der Waals surface area contributed by atoms with Crippen LogP contribution in [0.15, 0.2) is 42.5 Å². The van der Waals surface area contributed by atoms with E-state index in [4.69, 9.17) is 16.7 Å². The fourth-order valence-corrected chi connectivity index (χ4v) is 2.25. The molecule has 0 amide bonds. The Hall–Kier alpha value is -2.07. The van der Waals surface area contributed by atoms with Crippen molar-refractivity contribution in [3.8, 4) is 0 Å². The van der Waals surface area contributed by atoms with Crippen molar-refractivity contribution in [3.05, 3.63) is 53.2 Å². The van der Waals surface area contributed by atoms with Crippen molar-refractivity contribution in [2.75, 3.05) is 11.4 Å². The van der Waals surface area contributed by atoms with E-state index in [9.17, 15) is 4.79 Å². The van der Waals surface area contributed by atoms with Gasteiger partial charge in [-0.3, -0.25) is 0 Å². The number of unbranched alkanes of at least 4 members (excludes halogenated alkanes) is 1. The highest BCUT2D eigenvalue weighted by Crippen LogP contribution is 2.26. The summed E-state index contributed by atoms with van der Waals surface area (Å²) in [5.41, 5.74) is 1.11. The highest BCUT2D eigenvalue weighted by molar-refractivity contribution is 6.29. The summed E-state index contributed by atoms with van der Waals surface area (Å²) in [5.74, 6) is -0.455. The molecule has 0 aliphatic carbocycles. The van der Waals surface area contributed by atoms with Crippen LogP contribution in [0.5, 0.6) is 0 Å². The second-order valence-electron chi connectivity index (χ2n) is 4.68. The van der Waals surface area contributed by atoms with Crippen LogP contribution in [0, 0.1) is 0 Å². The van der Waals surface area contributed by atoms with E-state index < -0.39 is 5.97 Å². The van der Waals surface area contributed by atoms with Crippen LogP contribution in [0.2, 0.25) is 5.15 Å². The number of hydrogen-bond donors (Lipinski definition) is 1. The summed E-state index contributed by atoms with van der Waals surface area (Å²) in [4.78, 5) is 17.4. The Morgan fingerprint density at radius 2 is 2.00 bits per heavy atom. The summed E-state index contributed by atoms with van der Waals surface area (Å²) in [6.45, 7) is 2.87. The number of aromatic carboxylic acids is 1. The minimum absolute atomic E-state index is 0.141. The lowest BCUT2D eigenvalue weighted by molar-refractivity contribution is 0.0697. The molecule has 0 bridgehead atoms. The van der Waals surface area contributed by atoms with Gasteiger partial charge in [0.1, 0.15) is 11.0 Å². The SMILES string of the molecule is CCCCN(c1ccccc1)c1cc(C(=O)O)cc(Cl)n1. The molecular formula is C16H17ClN2O2. The van der Waals surface area contributed by atoms with E-state index in [2.05, 4.69) is 11.9 Å². The van der Waals surface area contributed by atoms with Gasteiger partial charge in [-0.15, -0.1) is 0 Å². The first-order valence-electron chi connectivity index (χ1n) is 6.85. The molecular weight excluding hydrogens is 288 g/mol. The first kappa shape index (κ1) is 15.3. The van der Waals surface area contributed by atoms with Gasteiger partial charge in [-0.25, -0.2) is 9.78 Å². The fraction of sp³-hybridized carbons (Fsp3) is 0.250. The standard InChI is InChI=1S/C16H17ClN2O2/c1-2-3-9-19(13-7-5-4-6-8-13)15-11-12(16(20)21)10-14(17)18-15/h4-8,10-11H,2-3,9H2,1H3,(H,20,21). The van der Waals surface area contributed by atoms with Gasteiger partial charge >= 0.3 is 5.97 Å². The molecule has 1 aromatic carbocycles. The number of anilines is 2. The van der Waals surface area contributed by atoms with Crippen molar-refractivity contribution in [3.63, 3.8) is 0 Å². The minimum atomic E-state index is -1.01. The van der Waals surface area contributed by atoms with Gasteiger partial charge in [0.25, 0.3) is 0 Å². The van der Waals surface area contributed by atoms with Crippen LogP contribution in [0.25, 0.3) is 0 Å². The molecule has 5 heteroatoms. The van der Waals surface area contributed by atoms with Crippen LogP contribution < -0.4 is 4.90 Å². The number of benzene rings is 1. The largest absolute Gasteiger partial charge is 0.478 e. The molecule has 0 aliphatic heterocycles. The Kier molecular flexibility index (Phi) is 5.17. The number of para-hydroxylation sites is 1. The van der Waals surface area contributed by atoms with E-state index in [1.165, 1.54) is 6.07 Å². The molecule has 0 fully saturated rings. The van der Waals surface area contributed by atoms with Crippen molar-refractivity contribution < 1.29 is 9.90 Å². The zero-order chi connectivity index (χ0) is 15.2. The first-order valence-corrected chi connectivity index (χ1v) is 7.23. The van der Waals surface area contributed by atoms with E-state index >= 15 is 0 Å². The first-order chi connectivity index (χ1) is 10.1. The molecule has 2 rings (SSSR count). The van der Waals surface area contributed by atoms with Crippen molar-refractivity contribution in [2.24, 2.45) is 0 Å². The molecule has 0 spiro atoms. The number of carboxylic acids is 1. The minimum Gasteiger partial charge on any atom is -0.478 e. The average Bonchev–Trinajstić information content (AvgIpc) is 2.48. The second kappa shape index (κ2) is 7.09. The van der Waals surface area contributed by atoms with E-state index in [-0.39, 0.29) is 10.7 Å². The molecule has 0 unspecified atom stereocenters. The van der Waals surface area contributed by atoms with Gasteiger partial charge in [-0.1, -0.05) is 43.1 Å². The number of rotatable bonds is 6. The van der Waals surface area contributed by atoms with Crippen LogP contribution in [0.1, 0.15) is 30.1 Å². The van der Waals surface area contributed by atoms with Crippen molar-refractivity contribution in [1.82, 2.24) is 4.98 Å². The number of nitrogens with zero attached hydrogens (tertiary/aromatic N) is 2. The smallest absolute Gasteiger partial charge is 0.335 e. The van der Waals surface area contributed by atoms with Crippen LogP contribution in [-0.4, -0.2) is 22.6 Å². The fourth-order valence-electron chi connectivity index (χ4n) is 2.04. The van der Waals surface area contributed by atoms with E-state index in [0.717, 1.165) is 25.1 Å². The average molecular weight is 305 g/mol. The summed E-state index contributed by atoms with van der Waals surface area (Å²) >= 11 is 5.96. The summed E-state index contributed by atoms with van der Waals surface area (Å²) in [5, 5.41) is 9.34. The van der Waals surface area contributed by atoms with Crippen molar-refractivity contribution in [1.29, 1.82) is 0 Å². The molecule has 110 valence electrons. The van der Waals surface area contributed by atoms with Gasteiger partial charge in [0.2, 0.25) is 0 Å². The summed E-state index contributed by atoms with van der Waals surface area (Å²) in [7, 11) is 0. The molecule has 1 aromatic heterocycles. The van der Waals surface area contributed by atoms with Crippen molar-refractivity contribution >= 4 is 29.1 Å². The number of hydrogen-bond acceptors (Lipinski definition) is 3. The summed E-state index contributed by atoms with van der Waals surface area (Å²) in [6.07, 6.45) is 2.02. The number of pyridine rings is 1. The Labute approximate surface area is 129 Å². The molecule has 0 aliphatic rings. The zero-order valence-electron chi connectivity index (χ0n) is 11.8. The third-order valence-electron chi connectivity index (χ3n) is 3.11.